The molecule has 0 fully saturated rings. The van der Waals surface area contributed by atoms with Gasteiger partial charge in [0.15, 0.2) is 0 Å². The van der Waals surface area contributed by atoms with Crippen LogP contribution >= 0.6 is 0 Å². The van der Waals surface area contributed by atoms with Crippen LogP contribution in [0.25, 0.3) is 0 Å². The lowest BCUT2D eigenvalue weighted by molar-refractivity contribution is -0.140. The average Bonchev–Trinajstić information content (AvgIpc) is 2.91. The van der Waals surface area contributed by atoms with Gasteiger partial charge in [0.1, 0.15) is 0 Å². The molecular weight excluding hydrogens is 512 g/mol. The number of carbonyl (C=O) groups excluding carboxylic acids is 2. The van der Waals surface area contributed by atoms with E-state index in [0.717, 1.165) is 76.4 Å². The van der Waals surface area contributed by atoms with Crippen LogP contribution in [-0.2, 0) is 28.7 Å². The zero-order valence-corrected chi connectivity index (χ0v) is 25.6. The summed E-state index contributed by atoms with van der Waals surface area (Å²) < 4.78 is 10.1. The molecule has 8 heteroatoms. The van der Waals surface area contributed by atoms with E-state index in [1.807, 2.05) is 13.8 Å². The third-order valence-corrected chi connectivity index (χ3v) is 6.18. The molecule has 0 saturated heterocycles. The Morgan fingerprint density at radius 3 is 1.07 bits per heavy atom. The molecule has 0 unspecified atom stereocenters. The molecule has 40 heavy (non-hydrogen) atoms. The quantitative estimate of drug-likeness (QED) is 0.0678. The Bertz CT molecular complexity index is 677. The molecule has 0 aromatic rings. The first kappa shape index (κ1) is 39.5. The Hall–Kier alpha value is -2.64. The van der Waals surface area contributed by atoms with Gasteiger partial charge in [-0.3, -0.25) is 0 Å². The molecular formula is C32H56O8. The number of unbranched alkanes of at least 4 members (excludes halogenated alkanes) is 12. The van der Waals surface area contributed by atoms with Gasteiger partial charge >= 0.3 is 23.9 Å². The van der Waals surface area contributed by atoms with Crippen molar-refractivity contribution in [3.63, 3.8) is 0 Å². The van der Waals surface area contributed by atoms with Crippen molar-refractivity contribution in [1.82, 2.24) is 0 Å². The van der Waals surface area contributed by atoms with Crippen molar-refractivity contribution >= 4 is 23.9 Å². The number of ether oxygens (including phenoxy) is 2. The Labute approximate surface area is 242 Å². The summed E-state index contributed by atoms with van der Waals surface area (Å²) in [6.45, 7) is 9.09. The SMILES string of the molecule is CCCCCCCC/C(=C/C(=O)O)C(=O)OCCCC.CCCCCCCC/C(=C/C(=O)O)C(=O)OCCCC. The maximum absolute atomic E-state index is 11.8. The number of hydrogen-bond donors (Lipinski definition) is 2. The van der Waals surface area contributed by atoms with Crippen LogP contribution in [0, 0.1) is 0 Å². The molecule has 0 aliphatic rings. The minimum Gasteiger partial charge on any atom is -0.478 e. The minimum absolute atomic E-state index is 0.282. The van der Waals surface area contributed by atoms with Gasteiger partial charge in [0.05, 0.1) is 13.2 Å². The fourth-order valence-electron chi connectivity index (χ4n) is 3.76. The highest BCUT2D eigenvalue weighted by Crippen LogP contribution is 2.15. The molecule has 0 rings (SSSR count). The molecule has 0 aromatic heterocycles. The maximum Gasteiger partial charge on any atom is 0.334 e. The molecule has 0 radical (unpaired) electrons. The predicted molar refractivity (Wildman–Crippen MR) is 159 cm³/mol. The predicted octanol–water partition coefficient (Wildman–Crippen LogP) is 8.18. The van der Waals surface area contributed by atoms with Gasteiger partial charge in [-0.1, -0.05) is 105 Å². The number of rotatable bonds is 24. The molecule has 0 aromatic carbocycles. The lowest BCUT2D eigenvalue weighted by atomic mass is 10.0. The van der Waals surface area contributed by atoms with E-state index in [-0.39, 0.29) is 11.1 Å². The van der Waals surface area contributed by atoms with Crippen LogP contribution in [0.5, 0.6) is 0 Å². The zero-order valence-electron chi connectivity index (χ0n) is 25.6. The number of aliphatic carboxylic acids is 2. The molecule has 0 bridgehead atoms. The summed E-state index contributed by atoms with van der Waals surface area (Å²) in [5.74, 6) is -3.12. The molecule has 0 atom stereocenters. The van der Waals surface area contributed by atoms with E-state index in [9.17, 15) is 19.2 Å². The standard InChI is InChI=1S/2C16H28O4/c2*1-3-5-7-8-9-10-11-14(13-15(17)18)16(19)20-12-6-4-2/h2*13H,3-12H2,1-2H3,(H,17,18)/b2*14-13-. The molecule has 2 N–H and O–H groups in total. The highest BCUT2D eigenvalue weighted by atomic mass is 16.5. The van der Waals surface area contributed by atoms with E-state index in [1.54, 1.807) is 0 Å². The van der Waals surface area contributed by atoms with E-state index in [1.165, 1.54) is 38.5 Å². The molecule has 0 aliphatic heterocycles. The summed E-state index contributed by atoms with van der Waals surface area (Å²) >= 11 is 0. The first-order valence-electron chi connectivity index (χ1n) is 15.4. The average molecular weight is 569 g/mol. The van der Waals surface area contributed by atoms with Gasteiger partial charge in [0.25, 0.3) is 0 Å². The van der Waals surface area contributed by atoms with Gasteiger partial charge in [-0.25, -0.2) is 19.2 Å². The van der Waals surface area contributed by atoms with E-state index in [0.29, 0.717) is 26.1 Å². The highest BCUT2D eigenvalue weighted by molar-refractivity contribution is 5.96. The second-order valence-electron chi connectivity index (χ2n) is 10.0. The van der Waals surface area contributed by atoms with E-state index < -0.39 is 23.9 Å². The first-order chi connectivity index (χ1) is 19.2. The summed E-state index contributed by atoms with van der Waals surface area (Å²) in [5.41, 5.74) is 0.563. The van der Waals surface area contributed by atoms with Crippen LogP contribution in [0.3, 0.4) is 0 Å². The Balaban J connectivity index is 0. The van der Waals surface area contributed by atoms with Crippen molar-refractivity contribution in [1.29, 1.82) is 0 Å². The van der Waals surface area contributed by atoms with Crippen LogP contribution in [0.4, 0.5) is 0 Å². The fourth-order valence-corrected chi connectivity index (χ4v) is 3.76. The monoisotopic (exact) mass is 568 g/mol. The molecule has 0 spiro atoms. The number of carboxylic acid groups (broad SMARTS) is 2. The van der Waals surface area contributed by atoms with Crippen LogP contribution in [-0.4, -0.2) is 47.3 Å². The van der Waals surface area contributed by atoms with Crippen LogP contribution in [0.2, 0.25) is 0 Å². The summed E-state index contributed by atoms with van der Waals surface area (Å²) in [5, 5.41) is 17.6. The Morgan fingerprint density at radius 2 is 0.775 bits per heavy atom. The molecule has 0 saturated carbocycles. The second-order valence-corrected chi connectivity index (χ2v) is 10.0. The smallest absolute Gasteiger partial charge is 0.334 e. The second kappa shape index (κ2) is 29.3. The van der Waals surface area contributed by atoms with Gasteiger partial charge < -0.3 is 19.7 Å². The third-order valence-electron chi connectivity index (χ3n) is 6.18. The number of carboxylic acids is 2. The van der Waals surface area contributed by atoms with Gasteiger partial charge in [-0.2, -0.15) is 0 Å². The van der Waals surface area contributed by atoms with Crippen LogP contribution < -0.4 is 0 Å². The summed E-state index contributed by atoms with van der Waals surface area (Å²) in [4.78, 5) is 45.0. The minimum atomic E-state index is -1.08. The molecule has 0 heterocycles. The molecule has 232 valence electrons. The molecule has 0 amide bonds. The Morgan fingerprint density at radius 1 is 0.475 bits per heavy atom. The van der Waals surface area contributed by atoms with Crippen molar-refractivity contribution < 1.29 is 38.9 Å². The first-order valence-corrected chi connectivity index (χ1v) is 15.4. The van der Waals surface area contributed by atoms with Gasteiger partial charge in [-0.15, -0.1) is 0 Å². The number of hydrogen-bond acceptors (Lipinski definition) is 6. The Kier molecular flexibility index (Phi) is 29.0. The van der Waals surface area contributed by atoms with Gasteiger partial charge in [0, 0.05) is 23.3 Å². The normalized spacial score (nSPS) is 11.4. The molecule has 0 aliphatic carbocycles. The summed E-state index contributed by atoms with van der Waals surface area (Å²) in [7, 11) is 0. The van der Waals surface area contributed by atoms with Gasteiger partial charge in [-0.05, 0) is 38.5 Å². The van der Waals surface area contributed by atoms with E-state index >= 15 is 0 Å². The third kappa shape index (κ3) is 26.9. The van der Waals surface area contributed by atoms with E-state index in [2.05, 4.69) is 13.8 Å². The topological polar surface area (TPSA) is 127 Å². The maximum atomic E-state index is 11.8. The zero-order chi connectivity index (χ0) is 30.4. The summed E-state index contributed by atoms with van der Waals surface area (Å²) in [6, 6.07) is 0. The van der Waals surface area contributed by atoms with Gasteiger partial charge in [0.2, 0.25) is 0 Å². The van der Waals surface area contributed by atoms with Crippen LogP contribution in [0.15, 0.2) is 23.3 Å². The van der Waals surface area contributed by atoms with E-state index in [4.69, 9.17) is 19.7 Å². The van der Waals surface area contributed by atoms with Crippen LogP contribution in [0.1, 0.15) is 143 Å². The lowest BCUT2D eigenvalue weighted by Crippen LogP contribution is -2.11. The van der Waals surface area contributed by atoms with Crippen molar-refractivity contribution in [3.05, 3.63) is 23.3 Å². The van der Waals surface area contributed by atoms with Crippen molar-refractivity contribution in [2.75, 3.05) is 13.2 Å². The fraction of sp³-hybridized carbons (Fsp3) is 0.750. The van der Waals surface area contributed by atoms with Crippen molar-refractivity contribution in [2.24, 2.45) is 0 Å². The van der Waals surface area contributed by atoms with Crippen molar-refractivity contribution in [2.45, 2.75) is 143 Å². The number of carbonyl (C=O) groups is 4. The highest BCUT2D eigenvalue weighted by Gasteiger charge is 2.13. The largest absolute Gasteiger partial charge is 0.478 e. The summed E-state index contributed by atoms with van der Waals surface area (Å²) in [6.07, 6.45) is 19.7. The number of esters is 2. The van der Waals surface area contributed by atoms with Crippen molar-refractivity contribution in [3.8, 4) is 0 Å². The lowest BCUT2D eigenvalue weighted by Gasteiger charge is -2.07. The molecule has 8 nitrogen and oxygen atoms in total.